The molecule has 6 heteroatoms. The molecule has 0 amide bonds. The molecule has 292 valence electrons. The van der Waals surface area contributed by atoms with Crippen LogP contribution in [0.3, 0.4) is 0 Å². The van der Waals surface area contributed by atoms with Crippen LogP contribution in [-0.4, -0.2) is 9.97 Å². The second-order valence-corrected chi connectivity index (χ2v) is 15.7. The summed E-state index contributed by atoms with van der Waals surface area (Å²) in [6.45, 7) is 26.3. The Morgan fingerprint density at radius 2 is 0.625 bits per heavy atom. The minimum atomic E-state index is 0.421. The van der Waals surface area contributed by atoms with Crippen molar-refractivity contribution in [2.24, 2.45) is 0 Å². The summed E-state index contributed by atoms with van der Waals surface area (Å²) in [6, 6.07) is 38.0. The molecule has 0 fully saturated rings. The number of para-hydroxylation sites is 2. The number of pyridine rings is 2. The maximum atomic E-state index is 5.02. The first-order valence-electron chi connectivity index (χ1n) is 19.7. The molecule has 0 saturated carbocycles. The summed E-state index contributed by atoms with van der Waals surface area (Å²) in [6.07, 6.45) is 0. The minimum absolute atomic E-state index is 0.421. The Bertz CT molecular complexity index is 2000. The molecule has 4 aromatic carbocycles. The zero-order chi connectivity index (χ0) is 41.1. The predicted octanol–water partition coefficient (Wildman–Crippen LogP) is 15.9. The van der Waals surface area contributed by atoms with Crippen molar-refractivity contribution in [3.05, 3.63) is 164 Å². The molecule has 4 nitrogen and oxygen atoms in total. The van der Waals surface area contributed by atoms with Crippen molar-refractivity contribution in [1.82, 2.24) is 9.97 Å². The van der Waals surface area contributed by atoms with E-state index in [1.54, 1.807) is 0 Å². The van der Waals surface area contributed by atoms with Gasteiger partial charge in [0.05, 0.1) is 0 Å². The molecule has 0 bridgehead atoms. The Morgan fingerprint density at radius 3 is 0.893 bits per heavy atom. The maximum absolute atomic E-state index is 5.02. The summed E-state index contributed by atoms with van der Waals surface area (Å²) in [5.74, 6) is 3.22. The van der Waals surface area contributed by atoms with E-state index in [1.165, 1.54) is 55.6 Å². The molecule has 0 aliphatic heterocycles. The summed E-state index contributed by atoms with van der Waals surface area (Å²) < 4.78 is 0. The van der Waals surface area contributed by atoms with E-state index in [2.05, 4.69) is 207 Å². The third kappa shape index (κ3) is 11.0. The van der Waals surface area contributed by atoms with Crippen molar-refractivity contribution in [2.75, 3.05) is 0 Å². The molecule has 0 radical (unpaired) electrons. The van der Waals surface area contributed by atoms with E-state index in [4.69, 9.17) is 20.6 Å². The first-order valence-corrected chi connectivity index (χ1v) is 22.4. The molecule has 0 unspecified atom stereocenters. The van der Waals surface area contributed by atoms with Gasteiger partial charge in [0.1, 0.15) is 0 Å². The van der Waals surface area contributed by atoms with Gasteiger partial charge in [-0.25, -0.2) is 0 Å². The van der Waals surface area contributed by atoms with E-state index in [0.29, 0.717) is 23.7 Å². The Labute approximate surface area is 351 Å². The van der Waals surface area contributed by atoms with Gasteiger partial charge in [-0.3, -0.25) is 0 Å². The van der Waals surface area contributed by atoms with Crippen LogP contribution in [0.25, 0.3) is 33.1 Å². The zero-order valence-corrected chi connectivity index (χ0v) is 37.9. The number of nitrogens with zero attached hydrogens (tertiary/aromatic N) is 4. The molecule has 6 aromatic rings. The van der Waals surface area contributed by atoms with Crippen molar-refractivity contribution in [1.29, 1.82) is 0 Å². The summed E-state index contributed by atoms with van der Waals surface area (Å²) >= 11 is 5.00. The van der Waals surface area contributed by atoms with Crippen LogP contribution in [0.2, 0.25) is 0 Å². The number of hydrogen-bond acceptors (Lipinski definition) is 2. The zero-order valence-electron chi connectivity index (χ0n) is 35.3. The molecule has 56 heavy (non-hydrogen) atoms. The van der Waals surface area contributed by atoms with Crippen molar-refractivity contribution in [3.8, 4) is 22.5 Å². The summed E-state index contributed by atoms with van der Waals surface area (Å²) in [7, 11) is 0. The van der Waals surface area contributed by atoms with Gasteiger partial charge in [-0.05, 0) is 130 Å². The monoisotopic (exact) mass is 818 g/mol. The van der Waals surface area contributed by atoms with Gasteiger partial charge in [-0.2, -0.15) is 0 Å². The molecule has 0 aliphatic carbocycles. The topological polar surface area (TPSA) is 54.0 Å². The molecule has 0 N–H and O–H groups in total. The van der Waals surface area contributed by atoms with E-state index in [-0.39, 0.29) is 0 Å². The number of rotatable bonds is 10. The van der Waals surface area contributed by atoms with Gasteiger partial charge in [0, 0.05) is 0 Å². The molecule has 2 heterocycles. The fourth-order valence-electron chi connectivity index (χ4n) is 7.20. The second kappa shape index (κ2) is 20.8. The van der Waals surface area contributed by atoms with Crippen molar-refractivity contribution < 1.29 is 27.2 Å². The van der Waals surface area contributed by atoms with Crippen LogP contribution in [-0.2, 0) is 27.2 Å². The Hall–Kier alpha value is -4.16. The fourth-order valence-corrected chi connectivity index (χ4v) is 7.20. The van der Waals surface area contributed by atoms with Crippen LogP contribution in [0.1, 0.15) is 124 Å². The number of hydrogen-bond donors (Lipinski definition) is 0. The SMILES string of the molecule is Cc1cccc(C)c1-c1cccc([N-]c2c(C(C)C)cccc2C(C)C)n1.Cc1cccc(C)c1-c1cccc([N-]c2c(C(C)C)cccc2C(C)C)n1.[Cr]#[Cr]. The third-order valence-corrected chi connectivity index (χ3v) is 10.1. The molecule has 6 rings (SSSR count). The quantitative estimate of drug-likeness (QED) is 0.138. The van der Waals surface area contributed by atoms with E-state index >= 15 is 0 Å². The Kier molecular flexibility index (Phi) is 16.6. The number of aromatic nitrogens is 2. The van der Waals surface area contributed by atoms with Gasteiger partial charge in [0.2, 0.25) is 0 Å². The van der Waals surface area contributed by atoms with Gasteiger partial charge in [0.15, 0.2) is 0 Å². The summed E-state index contributed by atoms with van der Waals surface area (Å²) in [4.78, 5) is 9.79. The fraction of sp³-hybridized carbons (Fsp3) is 0.320. The molecular formula is C50H58Cr2N4-2. The summed E-state index contributed by atoms with van der Waals surface area (Å²) in [5, 5.41) is 10.0. The van der Waals surface area contributed by atoms with Gasteiger partial charge in [-0.1, -0.05) is 176 Å². The van der Waals surface area contributed by atoms with E-state index in [1.807, 2.05) is 12.1 Å². The van der Waals surface area contributed by atoms with E-state index in [0.717, 1.165) is 34.4 Å². The standard InChI is InChI=1S/2C25H29N2.2Cr/c2*1-16(2)20-12-8-13-21(17(3)4)25(20)27-23-15-9-14-22(26-23)24-18(5)10-7-11-19(24)6;;/h2*7-17H,1-6H3;;/q2*-1;;. The van der Waals surface area contributed by atoms with E-state index in [9.17, 15) is 0 Å². The average molecular weight is 819 g/mol. The molecule has 2 aromatic heterocycles. The second-order valence-electron chi connectivity index (χ2n) is 15.7. The molecule has 0 atom stereocenters. The molecule has 0 aliphatic rings. The van der Waals surface area contributed by atoms with Crippen molar-refractivity contribution in [2.45, 2.75) is 107 Å². The summed E-state index contributed by atoms with van der Waals surface area (Å²) in [5.41, 5.74) is 16.6. The van der Waals surface area contributed by atoms with Crippen LogP contribution in [0.5, 0.6) is 0 Å². The first kappa shape index (κ1) is 44.6. The number of benzene rings is 4. The van der Waals surface area contributed by atoms with Crippen LogP contribution in [0.15, 0.2) is 109 Å². The predicted molar refractivity (Wildman–Crippen MR) is 233 cm³/mol. The van der Waals surface area contributed by atoms with Crippen LogP contribution >= 0.6 is 0 Å². The molecule has 0 spiro atoms. The van der Waals surface area contributed by atoms with Gasteiger partial charge in [0.25, 0.3) is 0 Å². The van der Waals surface area contributed by atoms with Gasteiger partial charge in [-0.15, -0.1) is 0 Å². The molecule has 0 saturated heterocycles. The normalized spacial score (nSPS) is 10.9. The van der Waals surface area contributed by atoms with Gasteiger partial charge >= 0.3 is 27.2 Å². The van der Waals surface area contributed by atoms with Crippen molar-refractivity contribution in [3.63, 3.8) is 0 Å². The third-order valence-electron chi connectivity index (χ3n) is 10.1. The van der Waals surface area contributed by atoms with Crippen LogP contribution in [0, 0.1) is 27.7 Å². The Morgan fingerprint density at radius 1 is 0.375 bits per heavy atom. The van der Waals surface area contributed by atoms with E-state index < -0.39 is 0 Å². The van der Waals surface area contributed by atoms with Gasteiger partial charge < -0.3 is 20.6 Å². The molecular weight excluding hydrogens is 761 g/mol. The Balaban J connectivity index is 0.000000238. The van der Waals surface area contributed by atoms with Crippen LogP contribution < -0.4 is 0 Å². The van der Waals surface area contributed by atoms with Crippen LogP contribution in [0.4, 0.5) is 23.0 Å². The van der Waals surface area contributed by atoms with Crippen molar-refractivity contribution >= 4 is 23.0 Å². The first-order chi connectivity index (χ1) is 26.8. The number of aryl methyl sites for hydroxylation is 4. The average Bonchev–Trinajstić information content (AvgIpc) is 3.16.